The SMILES string of the molecule is Cc1cc(NS(=O)(=O)c2ccc(NC(=O)[C@H](CC(C)C)N3C(=O)c4ccccc4C3=O)cc2)nc(C)n1. The van der Waals surface area contributed by atoms with E-state index in [9.17, 15) is 22.8 Å². The van der Waals surface area contributed by atoms with Crippen molar-refractivity contribution in [1.82, 2.24) is 14.9 Å². The van der Waals surface area contributed by atoms with Crippen molar-refractivity contribution in [3.8, 4) is 0 Å². The first-order valence-corrected chi connectivity index (χ1v) is 13.2. The highest BCUT2D eigenvalue weighted by molar-refractivity contribution is 7.92. The van der Waals surface area contributed by atoms with Gasteiger partial charge in [0.15, 0.2) is 0 Å². The summed E-state index contributed by atoms with van der Waals surface area (Å²) in [5.74, 6) is -0.950. The molecule has 0 radical (unpaired) electrons. The summed E-state index contributed by atoms with van der Waals surface area (Å²) in [6.45, 7) is 7.19. The fourth-order valence-electron chi connectivity index (χ4n) is 4.18. The molecule has 2 aromatic carbocycles. The van der Waals surface area contributed by atoms with Crippen LogP contribution in [0.3, 0.4) is 0 Å². The third kappa shape index (κ3) is 5.51. The molecule has 3 aromatic rings. The number of sulfonamides is 1. The van der Waals surface area contributed by atoms with Crippen LogP contribution in [0.2, 0.25) is 0 Å². The van der Waals surface area contributed by atoms with E-state index < -0.39 is 33.8 Å². The van der Waals surface area contributed by atoms with E-state index in [1.807, 2.05) is 13.8 Å². The second-order valence-corrected chi connectivity index (χ2v) is 10.9. The zero-order valence-corrected chi connectivity index (χ0v) is 21.7. The largest absolute Gasteiger partial charge is 0.324 e. The number of amides is 3. The molecule has 11 heteroatoms. The van der Waals surface area contributed by atoms with Gasteiger partial charge in [-0.15, -0.1) is 0 Å². The Balaban J connectivity index is 1.52. The molecule has 1 aliphatic heterocycles. The number of nitrogens with zero attached hydrogens (tertiary/aromatic N) is 3. The lowest BCUT2D eigenvalue weighted by atomic mass is 10.0. The molecule has 10 nitrogen and oxygen atoms in total. The maximum absolute atomic E-state index is 13.3. The predicted molar refractivity (Wildman–Crippen MR) is 138 cm³/mol. The van der Waals surface area contributed by atoms with Gasteiger partial charge in [0.05, 0.1) is 16.0 Å². The van der Waals surface area contributed by atoms with E-state index in [1.54, 1.807) is 38.1 Å². The van der Waals surface area contributed by atoms with Crippen LogP contribution in [0.15, 0.2) is 59.5 Å². The van der Waals surface area contributed by atoms with Gasteiger partial charge in [-0.3, -0.25) is 24.0 Å². The van der Waals surface area contributed by atoms with Crippen molar-refractivity contribution in [3.63, 3.8) is 0 Å². The molecular formula is C26H27N5O5S. The zero-order valence-electron chi connectivity index (χ0n) is 20.8. The van der Waals surface area contributed by atoms with Crippen LogP contribution in [-0.2, 0) is 14.8 Å². The predicted octanol–water partition coefficient (Wildman–Crippen LogP) is 3.54. The summed E-state index contributed by atoms with van der Waals surface area (Å²) in [6, 6.07) is 12.5. The Morgan fingerprint density at radius 1 is 0.946 bits per heavy atom. The van der Waals surface area contributed by atoms with E-state index in [4.69, 9.17) is 0 Å². The van der Waals surface area contributed by atoms with E-state index >= 15 is 0 Å². The van der Waals surface area contributed by atoms with Crippen LogP contribution < -0.4 is 10.0 Å². The lowest BCUT2D eigenvalue weighted by Crippen LogP contribution is -2.47. The molecule has 2 heterocycles. The minimum atomic E-state index is -3.93. The molecule has 192 valence electrons. The van der Waals surface area contributed by atoms with Gasteiger partial charge in [0.2, 0.25) is 5.91 Å². The first kappa shape index (κ1) is 26.0. The summed E-state index contributed by atoms with van der Waals surface area (Å²) in [6.07, 6.45) is 0.269. The average Bonchev–Trinajstić information content (AvgIpc) is 3.07. The van der Waals surface area contributed by atoms with E-state index in [1.165, 1.54) is 30.3 Å². The van der Waals surface area contributed by atoms with E-state index in [-0.39, 0.29) is 34.2 Å². The second kappa shape index (κ2) is 10.1. The van der Waals surface area contributed by atoms with Crippen LogP contribution in [0.5, 0.6) is 0 Å². The normalized spacial score (nSPS) is 14.0. The Kier molecular flexibility index (Phi) is 7.08. The molecule has 3 amide bonds. The number of benzene rings is 2. The molecule has 0 saturated carbocycles. The molecule has 1 aromatic heterocycles. The first-order valence-electron chi connectivity index (χ1n) is 11.7. The summed E-state index contributed by atoms with van der Waals surface area (Å²) in [4.78, 5) is 48.4. The van der Waals surface area contributed by atoms with Crippen LogP contribution in [0.4, 0.5) is 11.5 Å². The summed E-state index contributed by atoms with van der Waals surface area (Å²) in [5.41, 5.74) is 1.48. The Morgan fingerprint density at radius 2 is 1.54 bits per heavy atom. The number of fused-ring (bicyclic) bond motifs is 1. The molecule has 1 atom stereocenters. The number of imide groups is 1. The van der Waals surface area contributed by atoms with Gasteiger partial charge < -0.3 is 5.32 Å². The number of aryl methyl sites for hydroxylation is 2. The van der Waals surface area contributed by atoms with Crippen molar-refractivity contribution in [1.29, 1.82) is 0 Å². The molecule has 0 bridgehead atoms. The molecule has 0 aliphatic carbocycles. The van der Waals surface area contributed by atoms with Crippen LogP contribution in [0.1, 0.15) is 52.5 Å². The zero-order chi connectivity index (χ0) is 26.9. The van der Waals surface area contributed by atoms with Crippen LogP contribution >= 0.6 is 0 Å². The van der Waals surface area contributed by atoms with Crippen molar-refractivity contribution in [2.75, 3.05) is 10.0 Å². The molecule has 0 fully saturated rings. The average molecular weight is 522 g/mol. The van der Waals surface area contributed by atoms with Crippen molar-refractivity contribution < 1.29 is 22.8 Å². The van der Waals surface area contributed by atoms with Gasteiger partial charge in [0.25, 0.3) is 21.8 Å². The molecule has 37 heavy (non-hydrogen) atoms. The topological polar surface area (TPSA) is 138 Å². The maximum atomic E-state index is 13.3. The Bertz CT molecular complexity index is 1430. The van der Waals surface area contributed by atoms with Crippen molar-refractivity contribution in [2.24, 2.45) is 5.92 Å². The Morgan fingerprint density at radius 3 is 2.08 bits per heavy atom. The lowest BCUT2D eigenvalue weighted by molar-refractivity contribution is -0.120. The van der Waals surface area contributed by atoms with Gasteiger partial charge >= 0.3 is 0 Å². The fraction of sp³-hybridized carbons (Fsp3) is 0.269. The van der Waals surface area contributed by atoms with Crippen molar-refractivity contribution in [2.45, 2.75) is 45.1 Å². The number of nitrogens with one attached hydrogen (secondary N) is 2. The highest BCUT2D eigenvalue weighted by atomic mass is 32.2. The van der Waals surface area contributed by atoms with Crippen LogP contribution in [-0.4, -0.2) is 47.0 Å². The van der Waals surface area contributed by atoms with Crippen LogP contribution in [0, 0.1) is 19.8 Å². The molecule has 0 unspecified atom stereocenters. The minimum absolute atomic E-state index is 0.0210. The van der Waals surface area contributed by atoms with Crippen LogP contribution in [0.25, 0.3) is 0 Å². The standard InChI is InChI=1S/C26H27N5O5S/c1-15(2)13-22(31-25(33)20-7-5-6-8-21(20)26(31)34)24(32)29-18-9-11-19(12-10-18)37(35,36)30-23-14-16(3)27-17(4)28-23/h5-12,14-15,22H,13H2,1-4H3,(H,29,32)(H,27,28,30)/t22-/m0/s1. The van der Waals surface area contributed by atoms with Gasteiger partial charge in [0.1, 0.15) is 17.7 Å². The fourth-order valence-corrected chi connectivity index (χ4v) is 5.17. The smallest absolute Gasteiger partial charge is 0.263 e. The van der Waals surface area contributed by atoms with E-state index in [0.717, 1.165) is 4.90 Å². The third-order valence-corrected chi connectivity index (χ3v) is 7.14. The number of carbonyl (C=O) groups excluding carboxylic acids is 3. The van der Waals surface area contributed by atoms with Gasteiger partial charge in [-0.1, -0.05) is 26.0 Å². The monoisotopic (exact) mass is 521 g/mol. The van der Waals surface area contributed by atoms with Gasteiger partial charge in [0, 0.05) is 17.4 Å². The number of anilines is 2. The summed E-state index contributed by atoms with van der Waals surface area (Å²) in [7, 11) is -3.93. The van der Waals surface area contributed by atoms with Crippen molar-refractivity contribution >= 4 is 39.3 Å². The minimum Gasteiger partial charge on any atom is -0.324 e. The molecule has 1 aliphatic rings. The van der Waals surface area contributed by atoms with Gasteiger partial charge in [-0.2, -0.15) is 0 Å². The Hall–Kier alpha value is -4.12. The molecule has 0 saturated heterocycles. The molecule has 2 N–H and O–H groups in total. The van der Waals surface area contributed by atoms with Gasteiger partial charge in [-0.05, 0) is 62.6 Å². The number of aromatic nitrogens is 2. The lowest BCUT2D eigenvalue weighted by Gasteiger charge is -2.26. The number of hydrogen-bond donors (Lipinski definition) is 2. The summed E-state index contributed by atoms with van der Waals surface area (Å²) >= 11 is 0. The molecule has 0 spiro atoms. The maximum Gasteiger partial charge on any atom is 0.263 e. The van der Waals surface area contributed by atoms with Gasteiger partial charge in [-0.25, -0.2) is 18.4 Å². The molecular weight excluding hydrogens is 494 g/mol. The number of carbonyl (C=O) groups is 3. The molecule has 4 rings (SSSR count). The third-order valence-electron chi connectivity index (χ3n) is 5.77. The number of rotatable bonds is 8. The number of hydrogen-bond acceptors (Lipinski definition) is 7. The first-order chi connectivity index (χ1) is 17.5. The highest BCUT2D eigenvalue weighted by Crippen LogP contribution is 2.28. The quantitative estimate of drug-likeness (QED) is 0.432. The second-order valence-electron chi connectivity index (χ2n) is 9.23. The van der Waals surface area contributed by atoms with E-state index in [0.29, 0.717) is 17.2 Å². The summed E-state index contributed by atoms with van der Waals surface area (Å²) in [5, 5.41) is 2.71. The van der Waals surface area contributed by atoms with E-state index in [2.05, 4.69) is 20.0 Å². The Labute approximate surface area is 215 Å². The van der Waals surface area contributed by atoms with Crippen molar-refractivity contribution in [3.05, 3.63) is 77.2 Å². The highest BCUT2D eigenvalue weighted by Gasteiger charge is 2.42. The summed E-state index contributed by atoms with van der Waals surface area (Å²) < 4.78 is 28.0.